The molecule has 0 aliphatic heterocycles. The lowest BCUT2D eigenvalue weighted by Crippen LogP contribution is -2.21. The molecule has 0 aliphatic carbocycles. The zero-order chi connectivity index (χ0) is 18.4. The molecule has 0 saturated heterocycles. The summed E-state index contributed by atoms with van der Waals surface area (Å²) >= 11 is 6.02. The maximum atomic E-state index is 6.02. The van der Waals surface area contributed by atoms with E-state index in [4.69, 9.17) is 11.6 Å². The van der Waals surface area contributed by atoms with Gasteiger partial charge in [-0.3, -0.25) is 9.88 Å². The third-order valence-corrected chi connectivity index (χ3v) is 4.67. The van der Waals surface area contributed by atoms with E-state index in [1.165, 1.54) is 5.56 Å². The van der Waals surface area contributed by atoms with Crippen LogP contribution in [-0.4, -0.2) is 23.0 Å². The van der Waals surface area contributed by atoms with Crippen molar-refractivity contribution < 1.29 is 0 Å². The average Bonchev–Trinajstić information content (AvgIpc) is 2.67. The molecule has 0 saturated carbocycles. The second-order valence-electron chi connectivity index (χ2n) is 6.17. The number of aromatic nitrogens is 1. The molecule has 5 heteroatoms. The molecular formula is C21H23ClN4. The van der Waals surface area contributed by atoms with Crippen molar-refractivity contribution in [3.8, 4) is 0 Å². The van der Waals surface area contributed by atoms with Crippen LogP contribution in [0.5, 0.6) is 0 Å². The molecule has 2 aromatic carbocycles. The van der Waals surface area contributed by atoms with Gasteiger partial charge in [0.05, 0.1) is 17.7 Å². The highest BCUT2D eigenvalue weighted by molar-refractivity contribution is 6.31. The third kappa shape index (κ3) is 4.65. The van der Waals surface area contributed by atoms with Crippen molar-refractivity contribution in [3.05, 3.63) is 70.9 Å². The van der Waals surface area contributed by atoms with Crippen LogP contribution in [0.1, 0.15) is 25.0 Å². The van der Waals surface area contributed by atoms with Gasteiger partial charge in [-0.05, 0) is 48.5 Å². The van der Waals surface area contributed by atoms with Gasteiger partial charge in [0.25, 0.3) is 0 Å². The van der Waals surface area contributed by atoms with Crippen molar-refractivity contribution in [2.45, 2.75) is 26.9 Å². The summed E-state index contributed by atoms with van der Waals surface area (Å²) in [5.41, 5.74) is 4.12. The first-order valence-electron chi connectivity index (χ1n) is 8.91. The van der Waals surface area contributed by atoms with E-state index in [0.717, 1.165) is 41.8 Å². The van der Waals surface area contributed by atoms with Crippen LogP contribution in [0.25, 0.3) is 10.9 Å². The summed E-state index contributed by atoms with van der Waals surface area (Å²) in [6.07, 6.45) is 1.73. The van der Waals surface area contributed by atoms with Gasteiger partial charge in [0.1, 0.15) is 0 Å². The molecule has 1 aromatic heterocycles. The minimum atomic E-state index is 0.558. The first kappa shape index (κ1) is 18.5. The van der Waals surface area contributed by atoms with Gasteiger partial charge in [0, 0.05) is 23.2 Å². The zero-order valence-electron chi connectivity index (χ0n) is 15.2. The smallest absolute Gasteiger partial charge is 0.0961 e. The molecule has 0 amide bonds. The molecule has 0 aliphatic rings. The van der Waals surface area contributed by atoms with E-state index in [-0.39, 0.29) is 0 Å². The summed E-state index contributed by atoms with van der Waals surface area (Å²) in [5, 5.41) is 10.4. The number of nitrogens with zero attached hydrogens (tertiary/aromatic N) is 4. The van der Waals surface area contributed by atoms with Crippen LogP contribution in [0.4, 0.5) is 5.69 Å². The van der Waals surface area contributed by atoms with E-state index < -0.39 is 0 Å². The molecule has 26 heavy (non-hydrogen) atoms. The number of azo groups is 1. The molecule has 134 valence electrons. The van der Waals surface area contributed by atoms with Gasteiger partial charge >= 0.3 is 0 Å². The van der Waals surface area contributed by atoms with E-state index in [2.05, 4.69) is 58.2 Å². The molecule has 0 unspecified atom stereocenters. The van der Waals surface area contributed by atoms with Crippen LogP contribution in [0, 0.1) is 0 Å². The Morgan fingerprint density at radius 2 is 1.69 bits per heavy atom. The summed E-state index contributed by atoms with van der Waals surface area (Å²) in [7, 11) is 0. The quantitative estimate of drug-likeness (QED) is 0.480. The molecule has 3 rings (SSSR count). The second kappa shape index (κ2) is 8.88. The topological polar surface area (TPSA) is 40.9 Å². The standard InChI is InChI=1S/C21H23ClN4/c1-3-26(4-2)15-17-7-5-16(6-8-17)14-24-25-20-11-12-23-21-13-18(22)9-10-19(20)21/h5-13H,3-4,14-15H2,1-2H3. The summed E-state index contributed by atoms with van der Waals surface area (Å²) < 4.78 is 0. The molecule has 0 radical (unpaired) electrons. The van der Waals surface area contributed by atoms with Crippen LogP contribution in [0.2, 0.25) is 5.02 Å². The average molecular weight is 367 g/mol. The highest BCUT2D eigenvalue weighted by Gasteiger charge is 2.03. The first-order valence-corrected chi connectivity index (χ1v) is 9.29. The molecule has 0 spiro atoms. The van der Waals surface area contributed by atoms with E-state index in [1.54, 1.807) is 6.20 Å². The Morgan fingerprint density at radius 3 is 2.42 bits per heavy atom. The molecule has 0 N–H and O–H groups in total. The van der Waals surface area contributed by atoms with Gasteiger partial charge in [-0.1, -0.05) is 49.7 Å². The summed E-state index contributed by atoms with van der Waals surface area (Å²) in [6.45, 7) is 8.06. The largest absolute Gasteiger partial charge is 0.300 e. The maximum absolute atomic E-state index is 6.02. The van der Waals surface area contributed by atoms with Gasteiger partial charge in [-0.15, -0.1) is 0 Å². The molecule has 1 heterocycles. The van der Waals surface area contributed by atoms with E-state index in [1.807, 2.05) is 24.3 Å². The molecule has 3 aromatic rings. The Hall–Kier alpha value is -2.30. The summed E-state index contributed by atoms with van der Waals surface area (Å²) in [5.74, 6) is 0. The van der Waals surface area contributed by atoms with Crippen molar-refractivity contribution in [1.82, 2.24) is 9.88 Å². The lowest BCUT2D eigenvalue weighted by atomic mass is 10.1. The second-order valence-corrected chi connectivity index (χ2v) is 6.61. The molecule has 0 bridgehead atoms. The fraction of sp³-hybridized carbons (Fsp3) is 0.286. The lowest BCUT2D eigenvalue weighted by Gasteiger charge is -2.17. The fourth-order valence-electron chi connectivity index (χ4n) is 2.84. The van der Waals surface area contributed by atoms with Crippen molar-refractivity contribution >= 4 is 28.2 Å². The number of pyridine rings is 1. The fourth-order valence-corrected chi connectivity index (χ4v) is 3.01. The minimum absolute atomic E-state index is 0.558. The van der Waals surface area contributed by atoms with Gasteiger partial charge < -0.3 is 0 Å². The van der Waals surface area contributed by atoms with Gasteiger partial charge in [0.2, 0.25) is 0 Å². The van der Waals surface area contributed by atoms with Gasteiger partial charge in [-0.2, -0.15) is 10.2 Å². The Balaban J connectivity index is 1.67. The number of hydrogen-bond donors (Lipinski definition) is 0. The van der Waals surface area contributed by atoms with Gasteiger partial charge in [-0.25, -0.2) is 0 Å². The molecular weight excluding hydrogens is 344 g/mol. The summed E-state index contributed by atoms with van der Waals surface area (Å²) in [4.78, 5) is 6.72. The van der Waals surface area contributed by atoms with Crippen LogP contribution in [-0.2, 0) is 13.1 Å². The first-order chi connectivity index (χ1) is 12.7. The number of benzene rings is 2. The number of hydrogen-bond acceptors (Lipinski definition) is 4. The lowest BCUT2D eigenvalue weighted by molar-refractivity contribution is 0.296. The molecule has 0 atom stereocenters. The van der Waals surface area contributed by atoms with Crippen molar-refractivity contribution in [3.63, 3.8) is 0 Å². The highest BCUT2D eigenvalue weighted by atomic mass is 35.5. The van der Waals surface area contributed by atoms with Crippen LogP contribution in [0.3, 0.4) is 0 Å². The SMILES string of the molecule is CCN(CC)Cc1ccc(CN=Nc2ccnc3cc(Cl)ccc23)cc1. The normalized spacial score (nSPS) is 11.7. The van der Waals surface area contributed by atoms with Crippen LogP contribution >= 0.6 is 11.6 Å². The van der Waals surface area contributed by atoms with E-state index >= 15 is 0 Å². The predicted molar refractivity (Wildman–Crippen MR) is 108 cm³/mol. The third-order valence-electron chi connectivity index (χ3n) is 4.44. The molecule has 4 nitrogen and oxygen atoms in total. The number of rotatable bonds is 7. The number of fused-ring (bicyclic) bond motifs is 1. The number of halogens is 1. The Morgan fingerprint density at radius 1 is 0.962 bits per heavy atom. The Kier molecular flexibility index (Phi) is 6.31. The van der Waals surface area contributed by atoms with Crippen LogP contribution < -0.4 is 0 Å². The van der Waals surface area contributed by atoms with Crippen molar-refractivity contribution in [2.75, 3.05) is 13.1 Å². The maximum Gasteiger partial charge on any atom is 0.0961 e. The highest BCUT2D eigenvalue weighted by Crippen LogP contribution is 2.26. The zero-order valence-corrected chi connectivity index (χ0v) is 15.9. The monoisotopic (exact) mass is 366 g/mol. The molecule has 0 fully saturated rings. The predicted octanol–water partition coefficient (Wildman–Crippen LogP) is 6.01. The van der Waals surface area contributed by atoms with E-state index in [0.29, 0.717) is 11.6 Å². The minimum Gasteiger partial charge on any atom is -0.300 e. The summed E-state index contributed by atoms with van der Waals surface area (Å²) in [6, 6.07) is 16.1. The van der Waals surface area contributed by atoms with Gasteiger partial charge in [0.15, 0.2) is 0 Å². The van der Waals surface area contributed by atoms with Crippen LogP contribution in [0.15, 0.2) is 65.0 Å². The van der Waals surface area contributed by atoms with Crippen molar-refractivity contribution in [2.24, 2.45) is 10.2 Å². The Bertz CT molecular complexity index is 886. The Labute approximate surface area is 159 Å². The van der Waals surface area contributed by atoms with Crippen molar-refractivity contribution in [1.29, 1.82) is 0 Å². The van der Waals surface area contributed by atoms with E-state index in [9.17, 15) is 0 Å².